The van der Waals surface area contributed by atoms with Gasteiger partial charge in [0.1, 0.15) is 5.65 Å². The van der Waals surface area contributed by atoms with Crippen LogP contribution in [0.4, 0.5) is 5.13 Å². The third kappa shape index (κ3) is 3.62. The summed E-state index contributed by atoms with van der Waals surface area (Å²) in [7, 11) is 3.89. The van der Waals surface area contributed by atoms with Crippen LogP contribution in [0, 0.1) is 0 Å². The van der Waals surface area contributed by atoms with Crippen molar-refractivity contribution in [2.24, 2.45) is 0 Å². The average Bonchev–Trinajstić information content (AvgIpc) is 3.43. The molecule has 0 aliphatic carbocycles. The van der Waals surface area contributed by atoms with Gasteiger partial charge < -0.3 is 13.7 Å². The summed E-state index contributed by atoms with van der Waals surface area (Å²) in [4.78, 5) is 38.0. The van der Waals surface area contributed by atoms with Crippen LogP contribution >= 0.6 is 11.3 Å². The Balaban J connectivity index is 1.43. The average molecular weight is 434 g/mol. The number of nitrogens with zero attached hydrogens (tertiary/aromatic N) is 4. The Morgan fingerprint density at radius 2 is 2.13 bits per heavy atom. The van der Waals surface area contributed by atoms with Crippen LogP contribution in [-0.2, 0) is 6.54 Å². The van der Waals surface area contributed by atoms with Gasteiger partial charge in [-0.05, 0) is 38.4 Å². The zero-order valence-electron chi connectivity index (χ0n) is 16.7. The van der Waals surface area contributed by atoms with E-state index in [-0.39, 0.29) is 5.91 Å². The highest BCUT2D eigenvalue weighted by Gasteiger charge is 2.20. The Morgan fingerprint density at radius 1 is 1.26 bits per heavy atom. The first-order chi connectivity index (χ1) is 15.0. The molecule has 0 aliphatic heterocycles. The second-order valence-corrected chi connectivity index (χ2v) is 8.15. The molecule has 156 valence electrons. The van der Waals surface area contributed by atoms with E-state index in [1.54, 1.807) is 12.1 Å². The van der Waals surface area contributed by atoms with Crippen molar-refractivity contribution in [3.63, 3.8) is 0 Å². The molecule has 1 amide bonds. The lowest BCUT2D eigenvalue weighted by Crippen LogP contribution is -2.19. The second kappa shape index (κ2) is 7.49. The number of hydrogen-bond donors (Lipinski definition) is 2. The number of imidazole rings is 1. The maximum atomic E-state index is 13.0. The lowest BCUT2D eigenvalue weighted by Gasteiger charge is -2.10. The molecular weight excluding hydrogens is 416 g/mol. The smallest absolute Gasteiger partial charge is 0.408 e. The maximum absolute atomic E-state index is 13.0. The normalized spacial score (nSPS) is 11.6. The second-order valence-electron chi connectivity index (χ2n) is 7.29. The fourth-order valence-electron chi connectivity index (χ4n) is 3.40. The molecule has 2 N–H and O–H groups in total. The number of H-pyrrole nitrogens is 1. The van der Waals surface area contributed by atoms with Crippen LogP contribution in [0.3, 0.4) is 0 Å². The maximum Gasteiger partial charge on any atom is 0.417 e. The Bertz CT molecular complexity index is 1480. The molecule has 0 aliphatic rings. The third-order valence-corrected chi connectivity index (χ3v) is 5.51. The molecule has 4 aromatic heterocycles. The number of carbonyl (C=O) groups excluding carboxylic acids is 1. The van der Waals surface area contributed by atoms with Gasteiger partial charge >= 0.3 is 5.76 Å². The van der Waals surface area contributed by atoms with Crippen molar-refractivity contribution in [3.05, 3.63) is 69.9 Å². The third-order valence-electron chi connectivity index (χ3n) is 4.75. The zero-order valence-corrected chi connectivity index (χ0v) is 17.6. The monoisotopic (exact) mass is 434 g/mol. The van der Waals surface area contributed by atoms with E-state index in [1.807, 2.05) is 59.2 Å². The quantitative estimate of drug-likeness (QED) is 0.440. The Hall–Kier alpha value is -3.76. The van der Waals surface area contributed by atoms with Crippen LogP contribution in [0.25, 0.3) is 28.0 Å². The number of aromatic nitrogens is 4. The summed E-state index contributed by atoms with van der Waals surface area (Å²) in [5, 5.41) is 5.16. The number of aromatic amines is 1. The summed E-state index contributed by atoms with van der Waals surface area (Å²) in [5.41, 5.74) is 4.43. The number of pyridine rings is 1. The molecule has 0 fully saturated rings. The first-order valence-electron chi connectivity index (χ1n) is 9.49. The molecule has 0 bridgehead atoms. The topological polar surface area (TPSA) is 109 Å². The van der Waals surface area contributed by atoms with Crippen LogP contribution in [0.1, 0.15) is 16.2 Å². The van der Waals surface area contributed by atoms with Crippen molar-refractivity contribution >= 4 is 39.1 Å². The van der Waals surface area contributed by atoms with Crippen LogP contribution in [-0.4, -0.2) is 44.3 Å². The van der Waals surface area contributed by atoms with E-state index in [0.29, 0.717) is 39.8 Å². The van der Waals surface area contributed by atoms with Gasteiger partial charge in [-0.3, -0.25) is 15.1 Å². The summed E-state index contributed by atoms with van der Waals surface area (Å²) in [6.45, 7) is 0.568. The lowest BCUT2D eigenvalue weighted by molar-refractivity contribution is 0.102. The number of oxazole rings is 1. The SMILES string of the molecule is CN(C)Cc1c(C(=O)Nc2nc(-c3ccc4[nH]c(=O)oc4c3)cs2)nc2ccccn12. The molecule has 9 nitrogen and oxygen atoms in total. The number of amides is 1. The standard InChI is InChI=1S/C21H18N6O3S/c1-26(2)10-15-18(24-17-5-3-4-8-27(15)17)19(28)25-20-22-14(11-31-20)12-6-7-13-16(9-12)30-21(29)23-13/h3-9,11H,10H2,1-2H3,(H,23,29)(H,22,25,28). The summed E-state index contributed by atoms with van der Waals surface area (Å²) in [5.74, 6) is -0.812. The highest BCUT2D eigenvalue weighted by molar-refractivity contribution is 7.14. The minimum Gasteiger partial charge on any atom is -0.408 e. The number of nitrogens with one attached hydrogen (secondary N) is 2. The molecule has 0 saturated carbocycles. The number of carbonyl (C=O) groups is 1. The molecule has 0 radical (unpaired) electrons. The predicted octanol–water partition coefficient (Wildman–Crippen LogP) is 3.21. The first kappa shape index (κ1) is 19.2. The van der Waals surface area contributed by atoms with Crippen molar-refractivity contribution in [1.29, 1.82) is 0 Å². The van der Waals surface area contributed by atoms with Crippen molar-refractivity contribution in [2.45, 2.75) is 6.54 Å². The number of thiazole rings is 1. The van der Waals surface area contributed by atoms with Crippen LogP contribution in [0.2, 0.25) is 0 Å². The number of hydrogen-bond acceptors (Lipinski definition) is 7. The van der Waals surface area contributed by atoms with Crippen molar-refractivity contribution < 1.29 is 9.21 Å². The van der Waals surface area contributed by atoms with Crippen molar-refractivity contribution in [2.75, 3.05) is 19.4 Å². The fraction of sp³-hybridized carbons (Fsp3) is 0.143. The molecule has 0 unspecified atom stereocenters. The molecule has 1 aromatic carbocycles. The van der Waals surface area contributed by atoms with Gasteiger partial charge in [0, 0.05) is 23.7 Å². The van der Waals surface area contributed by atoms with Crippen LogP contribution in [0.5, 0.6) is 0 Å². The number of benzene rings is 1. The minimum absolute atomic E-state index is 0.312. The largest absolute Gasteiger partial charge is 0.417 e. The van der Waals surface area contributed by atoms with Gasteiger partial charge in [0.25, 0.3) is 5.91 Å². The molecule has 31 heavy (non-hydrogen) atoms. The van der Waals surface area contributed by atoms with Gasteiger partial charge in [-0.25, -0.2) is 14.8 Å². The van der Waals surface area contributed by atoms with Crippen LogP contribution in [0.15, 0.2) is 57.2 Å². The highest BCUT2D eigenvalue weighted by atomic mass is 32.1. The zero-order chi connectivity index (χ0) is 21.5. The fourth-order valence-corrected chi connectivity index (χ4v) is 4.12. The number of anilines is 1. The van der Waals surface area contributed by atoms with Gasteiger partial charge in [-0.2, -0.15) is 0 Å². The van der Waals surface area contributed by atoms with Gasteiger partial charge in [-0.15, -0.1) is 11.3 Å². The molecular formula is C21H18N6O3S. The first-order valence-corrected chi connectivity index (χ1v) is 10.4. The molecule has 5 aromatic rings. The summed E-state index contributed by atoms with van der Waals surface area (Å²) in [6.07, 6.45) is 1.90. The van der Waals surface area contributed by atoms with E-state index in [0.717, 1.165) is 11.3 Å². The van der Waals surface area contributed by atoms with Gasteiger partial charge in [0.2, 0.25) is 0 Å². The molecule has 10 heteroatoms. The van der Waals surface area contributed by atoms with E-state index < -0.39 is 5.76 Å². The van der Waals surface area contributed by atoms with Gasteiger partial charge in [0.05, 0.1) is 16.9 Å². The van der Waals surface area contributed by atoms with E-state index in [2.05, 4.69) is 20.3 Å². The lowest BCUT2D eigenvalue weighted by atomic mass is 10.1. The van der Waals surface area contributed by atoms with E-state index in [1.165, 1.54) is 11.3 Å². The van der Waals surface area contributed by atoms with Crippen molar-refractivity contribution in [3.8, 4) is 11.3 Å². The van der Waals surface area contributed by atoms with E-state index >= 15 is 0 Å². The molecule has 5 rings (SSSR count). The predicted molar refractivity (Wildman–Crippen MR) is 118 cm³/mol. The Morgan fingerprint density at radius 3 is 2.97 bits per heavy atom. The summed E-state index contributed by atoms with van der Waals surface area (Å²) >= 11 is 1.32. The number of rotatable bonds is 5. The molecule has 0 atom stereocenters. The van der Waals surface area contributed by atoms with E-state index in [4.69, 9.17) is 4.42 Å². The Labute approximate surface area is 180 Å². The van der Waals surface area contributed by atoms with Gasteiger partial charge in [-0.1, -0.05) is 12.1 Å². The van der Waals surface area contributed by atoms with Crippen LogP contribution < -0.4 is 11.1 Å². The van der Waals surface area contributed by atoms with Gasteiger partial charge in [0.15, 0.2) is 16.4 Å². The van der Waals surface area contributed by atoms with Crippen molar-refractivity contribution in [1.82, 2.24) is 24.3 Å². The Kier molecular flexibility index (Phi) is 4.64. The molecule has 4 heterocycles. The molecule has 0 saturated heterocycles. The summed E-state index contributed by atoms with van der Waals surface area (Å²) < 4.78 is 7.03. The summed E-state index contributed by atoms with van der Waals surface area (Å²) in [6, 6.07) is 11.0. The molecule has 0 spiro atoms. The van der Waals surface area contributed by atoms with E-state index in [9.17, 15) is 9.59 Å². The highest BCUT2D eigenvalue weighted by Crippen LogP contribution is 2.27. The number of fused-ring (bicyclic) bond motifs is 2. The minimum atomic E-state index is -0.501.